The molecule has 0 bridgehead atoms. The molecule has 4 nitrogen and oxygen atoms in total. The lowest BCUT2D eigenvalue weighted by atomic mass is 10.0. The summed E-state index contributed by atoms with van der Waals surface area (Å²) in [7, 11) is 0. The summed E-state index contributed by atoms with van der Waals surface area (Å²) >= 11 is 6.01. The Hall–Kier alpha value is -1.92. The lowest BCUT2D eigenvalue weighted by Crippen LogP contribution is -2.37. The number of nitrogens with one attached hydrogen (secondary N) is 1. The monoisotopic (exact) mass is 324 g/mol. The van der Waals surface area contributed by atoms with E-state index in [-0.39, 0.29) is 6.54 Å². The molecular weight excluding hydrogens is 310 g/mol. The number of benzene rings is 1. The van der Waals surface area contributed by atoms with E-state index in [1.165, 1.54) is 4.68 Å². The van der Waals surface area contributed by atoms with E-state index in [4.69, 9.17) is 17.3 Å². The smallest absolute Gasteiger partial charge is 0.261 e. The number of nitrogens with two attached hydrogens (primary N) is 1. The van der Waals surface area contributed by atoms with Crippen molar-refractivity contribution in [2.24, 2.45) is 5.73 Å². The standard InChI is InChI=1S/C15H15ClF2N4/c1-8(19)13-11-6-20-7-12(15(17)18)22(11)21-14(13)9-3-2-4-10(16)5-9/h2-5,12,15,20H,1,6-7,19H2. The molecule has 3 N–H and O–H groups in total. The zero-order valence-electron chi connectivity index (χ0n) is 11.7. The molecule has 0 radical (unpaired) electrons. The maximum Gasteiger partial charge on any atom is 0.261 e. The molecule has 1 aromatic heterocycles. The molecule has 1 unspecified atom stereocenters. The highest BCUT2D eigenvalue weighted by Crippen LogP contribution is 2.34. The molecule has 0 amide bonds. The fraction of sp³-hybridized carbons (Fsp3) is 0.267. The minimum Gasteiger partial charge on any atom is -0.399 e. The van der Waals surface area contributed by atoms with Crippen LogP contribution >= 0.6 is 11.6 Å². The molecule has 1 aliphatic heterocycles. The first-order valence-electron chi connectivity index (χ1n) is 6.80. The molecule has 7 heteroatoms. The SMILES string of the molecule is C=C(N)c1c(-c2cccc(Cl)c2)nn2c1CNCC2C(F)F. The van der Waals surface area contributed by atoms with Crippen molar-refractivity contribution in [3.05, 3.63) is 47.1 Å². The molecule has 22 heavy (non-hydrogen) atoms. The number of alkyl halides is 2. The van der Waals surface area contributed by atoms with Gasteiger partial charge in [-0.2, -0.15) is 5.10 Å². The predicted molar refractivity (Wildman–Crippen MR) is 82.6 cm³/mol. The largest absolute Gasteiger partial charge is 0.399 e. The summed E-state index contributed by atoms with van der Waals surface area (Å²) in [5, 5.41) is 7.91. The van der Waals surface area contributed by atoms with E-state index in [2.05, 4.69) is 17.0 Å². The van der Waals surface area contributed by atoms with Gasteiger partial charge in [-0.15, -0.1) is 0 Å². The van der Waals surface area contributed by atoms with Crippen LogP contribution in [0.4, 0.5) is 8.78 Å². The van der Waals surface area contributed by atoms with Gasteiger partial charge in [0.2, 0.25) is 0 Å². The van der Waals surface area contributed by atoms with Crippen molar-refractivity contribution >= 4 is 17.3 Å². The van der Waals surface area contributed by atoms with Crippen molar-refractivity contribution in [1.29, 1.82) is 0 Å². The van der Waals surface area contributed by atoms with Crippen molar-refractivity contribution in [2.45, 2.75) is 19.0 Å². The summed E-state index contributed by atoms with van der Waals surface area (Å²) in [4.78, 5) is 0. The highest BCUT2D eigenvalue weighted by atomic mass is 35.5. The summed E-state index contributed by atoms with van der Waals surface area (Å²) in [5.74, 6) is 0. The molecule has 0 saturated heterocycles. The van der Waals surface area contributed by atoms with E-state index in [1.807, 2.05) is 6.07 Å². The Balaban J connectivity index is 2.21. The van der Waals surface area contributed by atoms with Crippen LogP contribution in [0.1, 0.15) is 17.3 Å². The Kier molecular flexibility index (Phi) is 3.88. The second kappa shape index (κ2) is 5.70. The zero-order valence-corrected chi connectivity index (χ0v) is 12.4. The minimum absolute atomic E-state index is 0.165. The summed E-state index contributed by atoms with van der Waals surface area (Å²) in [6.45, 7) is 4.34. The number of nitrogens with zero attached hydrogens (tertiary/aromatic N) is 2. The Morgan fingerprint density at radius 3 is 2.91 bits per heavy atom. The van der Waals surface area contributed by atoms with Crippen LogP contribution < -0.4 is 11.1 Å². The Morgan fingerprint density at radius 2 is 2.27 bits per heavy atom. The fourth-order valence-corrected chi connectivity index (χ4v) is 2.90. The third kappa shape index (κ3) is 2.48. The van der Waals surface area contributed by atoms with Crippen LogP contribution in [0.25, 0.3) is 17.0 Å². The molecule has 2 aromatic rings. The first-order chi connectivity index (χ1) is 10.5. The molecule has 0 fully saturated rings. The van der Waals surface area contributed by atoms with Gasteiger partial charge in [0.25, 0.3) is 6.43 Å². The van der Waals surface area contributed by atoms with Gasteiger partial charge in [-0.05, 0) is 12.1 Å². The number of halogens is 3. The summed E-state index contributed by atoms with van der Waals surface area (Å²) in [6, 6.07) is 6.04. The molecule has 0 saturated carbocycles. The minimum atomic E-state index is -2.52. The number of rotatable bonds is 3. The molecule has 0 spiro atoms. The predicted octanol–water partition coefficient (Wildman–Crippen LogP) is 3.04. The van der Waals surface area contributed by atoms with Crippen LogP contribution in [0.15, 0.2) is 30.8 Å². The second-order valence-corrected chi connectivity index (χ2v) is 5.62. The molecule has 3 rings (SSSR count). The van der Waals surface area contributed by atoms with E-state index in [1.54, 1.807) is 18.2 Å². The van der Waals surface area contributed by atoms with Gasteiger partial charge in [0.1, 0.15) is 11.7 Å². The van der Waals surface area contributed by atoms with Gasteiger partial charge in [0.15, 0.2) is 0 Å². The van der Waals surface area contributed by atoms with E-state index >= 15 is 0 Å². The van der Waals surface area contributed by atoms with Crippen LogP contribution in [0.3, 0.4) is 0 Å². The number of fused-ring (bicyclic) bond motifs is 1. The van der Waals surface area contributed by atoms with Gasteiger partial charge in [0.05, 0.1) is 5.69 Å². The molecular formula is C15H15ClF2N4. The van der Waals surface area contributed by atoms with Crippen molar-refractivity contribution in [1.82, 2.24) is 15.1 Å². The maximum atomic E-state index is 13.2. The molecule has 116 valence electrons. The normalized spacial score (nSPS) is 17.5. The molecule has 1 atom stereocenters. The highest BCUT2D eigenvalue weighted by molar-refractivity contribution is 6.30. The second-order valence-electron chi connectivity index (χ2n) is 5.18. The maximum absolute atomic E-state index is 13.2. The van der Waals surface area contributed by atoms with Crippen molar-refractivity contribution in [3.8, 4) is 11.3 Å². The van der Waals surface area contributed by atoms with Crippen LogP contribution in [0, 0.1) is 0 Å². The van der Waals surface area contributed by atoms with Crippen molar-refractivity contribution in [2.75, 3.05) is 6.54 Å². The Labute approximate surface area is 131 Å². The van der Waals surface area contributed by atoms with Gasteiger partial charge >= 0.3 is 0 Å². The van der Waals surface area contributed by atoms with E-state index in [0.717, 1.165) is 5.56 Å². The fourth-order valence-electron chi connectivity index (χ4n) is 2.71. The number of hydrogen-bond donors (Lipinski definition) is 2. The molecule has 0 aliphatic carbocycles. The summed E-state index contributed by atoms with van der Waals surface area (Å²) in [6.07, 6.45) is -2.52. The van der Waals surface area contributed by atoms with Gasteiger partial charge < -0.3 is 11.1 Å². The van der Waals surface area contributed by atoms with Gasteiger partial charge in [-0.1, -0.05) is 30.3 Å². The molecule has 1 aromatic carbocycles. The Bertz CT molecular complexity index is 726. The summed E-state index contributed by atoms with van der Waals surface area (Å²) < 4.78 is 27.8. The van der Waals surface area contributed by atoms with Gasteiger partial charge in [0, 0.05) is 34.9 Å². The first kappa shape index (κ1) is 15.0. The quantitative estimate of drug-likeness (QED) is 0.912. The van der Waals surface area contributed by atoms with Crippen LogP contribution in [-0.4, -0.2) is 22.8 Å². The van der Waals surface area contributed by atoms with Crippen LogP contribution in [0.5, 0.6) is 0 Å². The lowest BCUT2D eigenvalue weighted by Gasteiger charge is -2.25. The lowest BCUT2D eigenvalue weighted by molar-refractivity contribution is 0.0679. The van der Waals surface area contributed by atoms with Crippen molar-refractivity contribution in [3.63, 3.8) is 0 Å². The van der Waals surface area contributed by atoms with Crippen LogP contribution in [-0.2, 0) is 6.54 Å². The molecule has 2 heterocycles. The van der Waals surface area contributed by atoms with Gasteiger partial charge in [-0.25, -0.2) is 8.78 Å². The zero-order chi connectivity index (χ0) is 15.9. The average Bonchev–Trinajstić information content (AvgIpc) is 2.86. The third-order valence-corrected chi connectivity index (χ3v) is 3.91. The van der Waals surface area contributed by atoms with Crippen molar-refractivity contribution < 1.29 is 8.78 Å². The summed E-state index contributed by atoms with van der Waals surface area (Å²) in [5.41, 5.74) is 8.66. The first-order valence-corrected chi connectivity index (χ1v) is 7.17. The average molecular weight is 325 g/mol. The third-order valence-electron chi connectivity index (χ3n) is 3.68. The number of aromatic nitrogens is 2. The topological polar surface area (TPSA) is 55.9 Å². The van der Waals surface area contributed by atoms with Gasteiger partial charge in [-0.3, -0.25) is 4.68 Å². The molecule has 1 aliphatic rings. The van der Waals surface area contributed by atoms with E-state index in [0.29, 0.717) is 34.2 Å². The highest BCUT2D eigenvalue weighted by Gasteiger charge is 2.32. The van der Waals surface area contributed by atoms with E-state index in [9.17, 15) is 8.78 Å². The van der Waals surface area contributed by atoms with E-state index < -0.39 is 12.5 Å². The number of hydrogen-bond acceptors (Lipinski definition) is 3. The van der Waals surface area contributed by atoms with Crippen LogP contribution in [0.2, 0.25) is 5.02 Å². The Morgan fingerprint density at radius 1 is 1.50 bits per heavy atom.